The van der Waals surface area contributed by atoms with E-state index in [1.807, 2.05) is 6.07 Å². The zero-order valence-corrected chi connectivity index (χ0v) is 7.97. The van der Waals surface area contributed by atoms with E-state index in [2.05, 4.69) is 0 Å². The fourth-order valence-electron chi connectivity index (χ4n) is 1.65. The van der Waals surface area contributed by atoms with Gasteiger partial charge in [-0.1, -0.05) is 0 Å². The Hall–Kier alpha value is -0.560. The van der Waals surface area contributed by atoms with Crippen molar-refractivity contribution in [2.45, 2.75) is 31.4 Å². The predicted octanol–water partition coefficient (Wildman–Crippen LogP) is 1.11. The van der Waals surface area contributed by atoms with Gasteiger partial charge in [0.25, 0.3) is 0 Å². The van der Waals surface area contributed by atoms with Gasteiger partial charge in [-0.05, 0) is 25.7 Å². The third-order valence-electron chi connectivity index (χ3n) is 2.41. The van der Waals surface area contributed by atoms with Gasteiger partial charge >= 0.3 is 0 Å². The predicted molar refractivity (Wildman–Crippen MR) is 46.2 cm³/mol. The summed E-state index contributed by atoms with van der Waals surface area (Å²) in [7, 11) is -2.81. The molecule has 1 fully saturated rings. The maximum absolute atomic E-state index is 11.3. The van der Waals surface area contributed by atoms with Crippen LogP contribution in [-0.4, -0.2) is 19.4 Å². The van der Waals surface area contributed by atoms with Crippen LogP contribution in [0, 0.1) is 17.2 Å². The van der Waals surface area contributed by atoms with Crippen LogP contribution in [-0.2, 0) is 9.84 Å². The van der Waals surface area contributed by atoms with Gasteiger partial charge in [-0.25, -0.2) is 8.42 Å². The third kappa shape index (κ3) is 1.98. The maximum atomic E-state index is 11.3. The van der Waals surface area contributed by atoms with Crippen molar-refractivity contribution in [1.29, 1.82) is 5.26 Å². The highest BCUT2D eigenvalue weighted by atomic mass is 32.2. The summed E-state index contributed by atoms with van der Waals surface area (Å²) in [5, 5.41) is 8.13. The highest BCUT2D eigenvalue weighted by Crippen LogP contribution is 2.28. The van der Waals surface area contributed by atoms with Gasteiger partial charge in [0.15, 0.2) is 9.84 Å². The van der Waals surface area contributed by atoms with Crippen LogP contribution in [0.2, 0.25) is 0 Å². The molecule has 68 valence electrons. The van der Waals surface area contributed by atoms with Crippen LogP contribution in [0.25, 0.3) is 0 Å². The van der Waals surface area contributed by atoms with E-state index in [9.17, 15) is 8.42 Å². The van der Waals surface area contributed by atoms with Gasteiger partial charge in [-0.3, -0.25) is 0 Å². The van der Waals surface area contributed by atoms with Crippen molar-refractivity contribution in [3.8, 4) is 6.07 Å². The van der Waals surface area contributed by atoms with Crippen molar-refractivity contribution < 1.29 is 8.42 Å². The lowest BCUT2D eigenvalue weighted by molar-refractivity contribution is 0.530. The molecule has 2 atom stereocenters. The average Bonchev–Trinajstić information content (AvgIpc) is 2.22. The van der Waals surface area contributed by atoms with Crippen LogP contribution in [0.4, 0.5) is 0 Å². The van der Waals surface area contributed by atoms with Crippen LogP contribution in [0.1, 0.15) is 26.2 Å². The topological polar surface area (TPSA) is 57.9 Å². The smallest absolute Gasteiger partial charge is 0.153 e. The summed E-state index contributed by atoms with van der Waals surface area (Å²) in [6.45, 7) is 1.75. The highest BCUT2D eigenvalue weighted by molar-refractivity contribution is 7.92. The van der Waals surface area contributed by atoms with E-state index in [0.717, 1.165) is 12.8 Å². The molecule has 12 heavy (non-hydrogen) atoms. The first-order chi connectivity index (χ1) is 5.56. The Bertz CT molecular complexity index is 289. The molecule has 0 aromatic rings. The van der Waals surface area contributed by atoms with E-state index in [-0.39, 0.29) is 16.9 Å². The van der Waals surface area contributed by atoms with Gasteiger partial charge in [0.1, 0.15) is 0 Å². The molecule has 1 heterocycles. The van der Waals surface area contributed by atoms with E-state index >= 15 is 0 Å². The molecule has 0 aromatic heterocycles. The third-order valence-corrected chi connectivity index (χ3v) is 4.77. The first-order valence-electron chi connectivity index (χ1n) is 4.15. The molecule has 1 saturated heterocycles. The average molecular weight is 187 g/mol. The standard InChI is InChI=1S/C8H13NO2S/c1-7-5-8(3-2-4-9)6-12(7,10)11/h7-8H,2-3,5-6H2,1H3. The second kappa shape index (κ2) is 3.44. The first-order valence-corrected chi connectivity index (χ1v) is 5.86. The van der Waals surface area contributed by atoms with Crippen LogP contribution in [0.15, 0.2) is 0 Å². The Morgan fingerprint density at radius 3 is 2.67 bits per heavy atom. The summed E-state index contributed by atoms with van der Waals surface area (Å²) >= 11 is 0. The quantitative estimate of drug-likeness (QED) is 0.650. The van der Waals surface area contributed by atoms with E-state index in [1.54, 1.807) is 6.92 Å². The van der Waals surface area contributed by atoms with E-state index in [1.165, 1.54) is 0 Å². The Labute approximate surface area is 73.3 Å². The molecule has 1 aliphatic rings. The molecule has 0 bridgehead atoms. The van der Waals surface area contributed by atoms with Crippen molar-refractivity contribution in [2.24, 2.45) is 5.92 Å². The van der Waals surface area contributed by atoms with Crippen molar-refractivity contribution >= 4 is 9.84 Å². The molecule has 0 spiro atoms. The summed E-state index contributed by atoms with van der Waals surface area (Å²) in [5.74, 6) is 0.514. The van der Waals surface area contributed by atoms with E-state index < -0.39 is 9.84 Å². The number of nitrogens with zero attached hydrogens (tertiary/aromatic N) is 1. The Morgan fingerprint density at radius 1 is 1.58 bits per heavy atom. The fourth-order valence-corrected chi connectivity index (χ4v) is 3.50. The van der Waals surface area contributed by atoms with Crippen molar-refractivity contribution in [3.63, 3.8) is 0 Å². The summed E-state index contributed by atoms with van der Waals surface area (Å²) in [5.41, 5.74) is 0. The molecule has 0 saturated carbocycles. The Balaban J connectivity index is 2.51. The van der Waals surface area contributed by atoms with Crippen molar-refractivity contribution in [3.05, 3.63) is 0 Å². The molecule has 0 radical (unpaired) electrons. The Kier molecular flexibility index (Phi) is 2.73. The van der Waals surface area contributed by atoms with Gasteiger partial charge < -0.3 is 0 Å². The SMILES string of the molecule is CC1CC(CCC#N)CS1(=O)=O. The van der Waals surface area contributed by atoms with Crippen LogP contribution < -0.4 is 0 Å². The van der Waals surface area contributed by atoms with Crippen LogP contribution in [0.5, 0.6) is 0 Å². The minimum atomic E-state index is -2.81. The zero-order valence-electron chi connectivity index (χ0n) is 7.16. The molecule has 3 nitrogen and oxygen atoms in total. The zero-order chi connectivity index (χ0) is 9.19. The fraction of sp³-hybridized carbons (Fsp3) is 0.875. The molecule has 0 N–H and O–H groups in total. The van der Waals surface area contributed by atoms with Gasteiger partial charge in [-0.2, -0.15) is 5.26 Å². The second-order valence-electron chi connectivity index (χ2n) is 3.44. The molecule has 4 heteroatoms. The van der Waals surface area contributed by atoms with Gasteiger partial charge in [-0.15, -0.1) is 0 Å². The second-order valence-corrected chi connectivity index (χ2v) is 5.90. The van der Waals surface area contributed by atoms with Gasteiger partial charge in [0, 0.05) is 6.42 Å². The number of sulfone groups is 1. The molecular formula is C8H13NO2S. The normalized spacial score (nSPS) is 33.0. The molecule has 0 amide bonds. The van der Waals surface area contributed by atoms with E-state index in [4.69, 9.17) is 5.26 Å². The number of hydrogen-bond acceptors (Lipinski definition) is 3. The molecule has 1 aliphatic heterocycles. The molecule has 0 aliphatic carbocycles. The monoisotopic (exact) mass is 187 g/mol. The lowest BCUT2D eigenvalue weighted by Crippen LogP contribution is -2.10. The van der Waals surface area contributed by atoms with Crippen LogP contribution in [0.3, 0.4) is 0 Å². The molecule has 2 unspecified atom stereocenters. The number of nitriles is 1. The lowest BCUT2D eigenvalue weighted by atomic mass is 10.0. The first kappa shape index (κ1) is 9.53. The summed E-state index contributed by atoms with van der Waals surface area (Å²) < 4.78 is 22.5. The number of hydrogen-bond donors (Lipinski definition) is 0. The summed E-state index contributed by atoms with van der Waals surface area (Å²) in [4.78, 5) is 0. The minimum absolute atomic E-state index is 0.193. The molecule has 0 aromatic carbocycles. The van der Waals surface area contributed by atoms with Crippen LogP contribution >= 0.6 is 0 Å². The summed E-state index contributed by atoms with van der Waals surface area (Å²) in [6, 6.07) is 2.04. The number of rotatable bonds is 2. The van der Waals surface area contributed by atoms with Crippen molar-refractivity contribution in [1.82, 2.24) is 0 Å². The molecule has 1 rings (SSSR count). The largest absolute Gasteiger partial charge is 0.229 e. The van der Waals surface area contributed by atoms with E-state index in [0.29, 0.717) is 6.42 Å². The summed E-state index contributed by atoms with van der Waals surface area (Å²) in [6.07, 6.45) is 1.96. The lowest BCUT2D eigenvalue weighted by Gasteiger charge is -2.01. The maximum Gasteiger partial charge on any atom is 0.153 e. The Morgan fingerprint density at radius 2 is 2.25 bits per heavy atom. The van der Waals surface area contributed by atoms with Gasteiger partial charge in [0.2, 0.25) is 0 Å². The highest BCUT2D eigenvalue weighted by Gasteiger charge is 2.34. The van der Waals surface area contributed by atoms with Crippen molar-refractivity contribution in [2.75, 3.05) is 5.75 Å². The van der Waals surface area contributed by atoms with Gasteiger partial charge in [0.05, 0.1) is 17.1 Å². The minimum Gasteiger partial charge on any atom is -0.229 e. The molecular weight excluding hydrogens is 174 g/mol.